The van der Waals surface area contributed by atoms with Crippen molar-refractivity contribution in [2.24, 2.45) is 0 Å². The first-order valence-corrected chi connectivity index (χ1v) is 19.5. The van der Waals surface area contributed by atoms with Crippen molar-refractivity contribution in [1.82, 2.24) is 0 Å². The summed E-state index contributed by atoms with van der Waals surface area (Å²) in [6.07, 6.45) is -8.01. The topological polar surface area (TPSA) is 302 Å². The van der Waals surface area contributed by atoms with Gasteiger partial charge in [0, 0.05) is 25.2 Å². The fourth-order valence-electron chi connectivity index (χ4n) is 6.63. The third-order valence-electron chi connectivity index (χ3n) is 9.84. The molecule has 21 heteroatoms. The third kappa shape index (κ3) is 12.3. The van der Waals surface area contributed by atoms with Gasteiger partial charge in [-0.2, -0.15) is 0 Å². The lowest BCUT2D eigenvalue weighted by molar-refractivity contribution is -0.383. The summed E-state index contributed by atoms with van der Waals surface area (Å²) in [7, 11) is 3.98. The number of methoxy groups -OCH3 is 3. The summed E-state index contributed by atoms with van der Waals surface area (Å²) in [5.41, 5.74) is 1.21. The minimum Gasteiger partial charge on any atom is -0.504 e. The van der Waals surface area contributed by atoms with Crippen LogP contribution in [0.15, 0.2) is 72.8 Å². The third-order valence-corrected chi connectivity index (χ3v) is 9.84. The maximum atomic E-state index is 13.3. The van der Waals surface area contributed by atoms with Crippen LogP contribution in [0.1, 0.15) is 23.6 Å². The van der Waals surface area contributed by atoms with Crippen LogP contribution in [0.4, 0.5) is 0 Å². The number of hydrogen-bond donors (Lipinski definition) is 7. The Balaban J connectivity index is 1.40. The molecule has 350 valence electrons. The summed E-state index contributed by atoms with van der Waals surface area (Å²) in [6, 6.07) is 12.6. The van der Waals surface area contributed by atoms with E-state index >= 15 is 0 Å². The summed E-state index contributed by atoms with van der Waals surface area (Å²) < 4.78 is 54.7. The van der Waals surface area contributed by atoms with Gasteiger partial charge in [0.1, 0.15) is 37.6 Å². The maximum Gasteiger partial charge on any atom is 0.331 e. The van der Waals surface area contributed by atoms with Gasteiger partial charge in [-0.15, -0.1) is 0 Å². The Bertz CT molecular complexity index is 2250. The Morgan fingerprint density at radius 2 is 1.12 bits per heavy atom. The van der Waals surface area contributed by atoms with Crippen molar-refractivity contribution in [3.05, 3.63) is 89.5 Å². The molecule has 21 nitrogen and oxygen atoms in total. The molecule has 0 aromatic heterocycles. The van der Waals surface area contributed by atoms with E-state index in [1.54, 1.807) is 0 Å². The molecule has 2 saturated heterocycles. The lowest BCUT2D eigenvalue weighted by Gasteiger charge is -2.45. The zero-order chi connectivity index (χ0) is 47.4. The van der Waals surface area contributed by atoms with Crippen LogP contribution in [0.3, 0.4) is 0 Å². The predicted octanol–water partition coefficient (Wildman–Crippen LogP) is 1.11. The van der Waals surface area contributed by atoms with Crippen molar-refractivity contribution in [3.8, 4) is 34.5 Å². The zero-order valence-electron chi connectivity index (χ0n) is 35.2. The number of benzene rings is 3. The van der Waals surface area contributed by atoms with E-state index in [0.29, 0.717) is 16.7 Å². The van der Waals surface area contributed by atoms with Crippen molar-refractivity contribution in [1.29, 1.82) is 0 Å². The van der Waals surface area contributed by atoms with Gasteiger partial charge in [0.25, 0.3) is 0 Å². The largest absolute Gasteiger partial charge is 0.504 e. The average Bonchev–Trinajstić information content (AvgIpc) is 3.55. The molecule has 5 rings (SSSR count). The van der Waals surface area contributed by atoms with Crippen molar-refractivity contribution < 1.29 is 102 Å². The molecule has 2 aliphatic heterocycles. The summed E-state index contributed by atoms with van der Waals surface area (Å²) in [6.45, 7) is -1.96. The number of hydrogen-bond acceptors (Lipinski definition) is 21. The van der Waals surface area contributed by atoms with Crippen LogP contribution in [-0.2, 0) is 52.3 Å². The SMILES string of the molecule is COc1cc(/C=C/C(=O)OC[C@H]2O[C@@](CO)(O[C@H]3O[C@H](CO)[C@@H](OC(=O)/C=C/c4ccc(O)c(OC)c4)[C@H](O)[C@H]3OC(C)=O)[C@@H](OC(=O)/C=C/c3ccc(O)c(OC)c3)[C@@H]2O)ccc1O. The van der Waals surface area contributed by atoms with E-state index in [2.05, 4.69) is 0 Å². The number of phenols is 3. The van der Waals surface area contributed by atoms with Gasteiger partial charge in [0.15, 0.2) is 52.8 Å². The lowest BCUT2D eigenvalue weighted by Crippen LogP contribution is -2.64. The molecule has 0 unspecified atom stereocenters. The van der Waals surface area contributed by atoms with Gasteiger partial charge < -0.3 is 83.1 Å². The molecule has 7 N–H and O–H groups in total. The molecule has 0 aliphatic carbocycles. The summed E-state index contributed by atoms with van der Waals surface area (Å²) in [4.78, 5) is 51.5. The molecule has 0 amide bonds. The predicted molar refractivity (Wildman–Crippen MR) is 221 cm³/mol. The van der Waals surface area contributed by atoms with E-state index < -0.39 is 98.5 Å². The number of phenolic OH excluding ortho intramolecular Hbond substituents is 3. The Labute approximate surface area is 370 Å². The summed E-state index contributed by atoms with van der Waals surface area (Å²) in [5, 5.41) is 74.0. The second kappa shape index (κ2) is 22.3. The van der Waals surface area contributed by atoms with Crippen molar-refractivity contribution in [2.45, 2.75) is 61.7 Å². The molecule has 3 aromatic rings. The van der Waals surface area contributed by atoms with E-state index in [-0.39, 0.29) is 34.5 Å². The van der Waals surface area contributed by atoms with Gasteiger partial charge in [-0.3, -0.25) is 4.79 Å². The zero-order valence-corrected chi connectivity index (χ0v) is 35.2. The Morgan fingerprint density at radius 1 is 0.646 bits per heavy atom. The van der Waals surface area contributed by atoms with Gasteiger partial charge in [-0.05, 0) is 71.3 Å². The van der Waals surface area contributed by atoms with Crippen LogP contribution >= 0.6 is 0 Å². The van der Waals surface area contributed by atoms with Gasteiger partial charge in [-0.25, -0.2) is 14.4 Å². The highest BCUT2D eigenvalue weighted by atomic mass is 16.8. The fourth-order valence-corrected chi connectivity index (χ4v) is 6.63. The van der Waals surface area contributed by atoms with Gasteiger partial charge in [-0.1, -0.05) is 18.2 Å². The second-order valence-electron chi connectivity index (χ2n) is 14.2. The number of carbonyl (C=O) groups is 4. The van der Waals surface area contributed by atoms with Crippen molar-refractivity contribution >= 4 is 42.1 Å². The molecule has 3 aromatic carbocycles. The van der Waals surface area contributed by atoms with Gasteiger partial charge in [0.2, 0.25) is 12.1 Å². The normalized spacial score (nSPS) is 25.4. The van der Waals surface area contributed by atoms with Crippen LogP contribution in [0.5, 0.6) is 34.5 Å². The van der Waals surface area contributed by atoms with Crippen LogP contribution in [-0.4, -0.2) is 156 Å². The van der Waals surface area contributed by atoms with Crippen LogP contribution in [0, 0.1) is 0 Å². The number of esters is 4. The number of rotatable bonds is 18. The number of aliphatic hydroxyl groups is 4. The van der Waals surface area contributed by atoms with Crippen LogP contribution in [0.2, 0.25) is 0 Å². The Hall–Kier alpha value is -6.72. The number of carbonyl (C=O) groups excluding carboxylic acids is 4. The monoisotopic (exact) mass is 912 g/mol. The quantitative estimate of drug-likeness (QED) is 0.0534. The van der Waals surface area contributed by atoms with Crippen molar-refractivity contribution in [3.63, 3.8) is 0 Å². The molecule has 0 bridgehead atoms. The van der Waals surface area contributed by atoms with E-state index in [9.17, 15) is 54.9 Å². The molecule has 0 saturated carbocycles. The standard InChI is InChI=1S/C44H48O21/c1-23(47)60-41-39(55)40(62-36(52)15-9-25-6-12-28(49)31(18-25)57-3)33(20-45)61-43(41)65-44(22-46)42(63-37(53)16-10-26-7-13-29(50)32(19-26)58-4)38(54)34(64-44)21-59-35(51)14-8-24-5-11-27(48)30(17-24)56-2/h5-19,33-34,38-43,45-46,48-50,54-55H,20-22H2,1-4H3/b14-8+,15-9+,16-10+/t33-,34-,38-,39+,40-,41-,42+,43-,44+/m1/s1. The smallest absolute Gasteiger partial charge is 0.331 e. The van der Waals surface area contributed by atoms with Crippen LogP contribution in [0.25, 0.3) is 18.2 Å². The highest BCUT2D eigenvalue weighted by molar-refractivity contribution is 5.88. The molecule has 2 aliphatic rings. The maximum absolute atomic E-state index is 13.3. The Morgan fingerprint density at radius 3 is 1.57 bits per heavy atom. The van der Waals surface area contributed by atoms with E-state index in [0.717, 1.165) is 25.2 Å². The molecule has 0 radical (unpaired) electrons. The average molecular weight is 913 g/mol. The highest BCUT2D eigenvalue weighted by Gasteiger charge is 2.62. The lowest BCUT2D eigenvalue weighted by atomic mass is 9.98. The molecule has 2 heterocycles. The van der Waals surface area contributed by atoms with Crippen molar-refractivity contribution in [2.75, 3.05) is 41.2 Å². The molecule has 65 heavy (non-hydrogen) atoms. The summed E-state index contributed by atoms with van der Waals surface area (Å²) >= 11 is 0. The minimum absolute atomic E-state index is 0.0876. The number of ether oxygens (including phenoxy) is 10. The fraction of sp³-hybridized carbons (Fsp3) is 0.364. The molecule has 9 atom stereocenters. The summed E-state index contributed by atoms with van der Waals surface area (Å²) in [5.74, 6) is -6.94. The van der Waals surface area contributed by atoms with Crippen LogP contribution < -0.4 is 14.2 Å². The molecule has 0 spiro atoms. The minimum atomic E-state index is -2.65. The first-order chi connectivity index (χ1) is 31.0. The van der Waals surface area contributed by atoms with E-state index in [1.165, 1.54) is 94.2 Å². The highest BCUT2D eigenvalue weighted by Crippen LogP contribution is 2.39. The number of aromatic hydroxyl groups is 3. The molecular weight excluding hydrogens is 864 g/mol. The Kier molecular flexibility index (Phi) is 16.9. The second-order valence-corrected chi connectivity index (χ2v) is 14.2. The molecule has 2 fully saturated rings. The number of aliphatic hydroxyl groups excluding tert-OH is 4. The van der Waals surface area contributed by atoms with Gasteiger partial charge >= 0.3 is 23.9 Å². The first kappa shape index (κ1) is 49.3. The molecular formula is C44H48O21. The van der Waals surface area contributed by atoms with E-state index in [4.69, 9.17) is 47.4 Å². The van der Waals surface area contributed by atoms with Gasteiger partial charge in [0.05, 0.1) is 27.9 Å². The first-order valence-electron chi connectivity index (χ1n) is 19.5. The van der Waals surface area contributed by atoms with E-state index in [1.807, 2.05) is 0 Å².